The van der Waals surface area contributed by atoms with Crippen molar-refractivity contribution in [2.75, 3.05) is 0 Å². The quantitative estimate of drug-likeness (QED) is 0.466. The number of unbranched alkanes of at least 4 members (excludes halogenated alkanes) is 6. The van der Waals surface area contributed by atoms with Gasteiger partial charge in [-0.3, -0.25) is 0 Å². The molecule has 86 valence electrons. The molecule has 0 aromatic carbocycles. The normalized spacial score (nSPS) is 15.4. The Kier molecular flexibility index (Phi) is 7.33. The molecule has 0 aromatic rings. The van der Waals surface area contributed by atoms with Gasteiger partial charge in [0.05, 0.1) is 0 Å². The van der Waals surface area contributed by atoms with E-state index in [9.17, 15) is 0 Å². The smallest absolute Gasteiger partial charge is 0.0282 e. The summed E-state index contributed by atoms with van der Waals surface area (Å²) in [5, 5.41) is 0. The van der Waals surface area contributed by atoms with Crippen LogP contribution in [0.15, 0.2) is 23.8 Å². The van der Waals surface area contributed by atoms with Crippen LogP contribution in [0.25, 0.3) is 0 Å². The van der Waals surface area contributed by atoms with Crippen LogP contribution in [-0.4, -0.2) is 0 Å². The largest absolute Gasteiger partial charge is 0.0842 e. The molecule has 0 radical (unpaired) electrons. The van der Waals surface area contributed by atoms with Gasteiger partial charge in [0.1, 0.15) is 0 Å². The van der Waals surface area contributed by atoms with E-state index in [4.69, 9.17) is 0 Å². The molecule has 0 bridgehead atoms. The molecule has 0 heteroatoms. The topological polar surface area (TPSA) is 0 Å². The van der Waals surface area contributed by atoms with Gasteiger partial charge in [0.2, 0.25) is 0 Å². The summed E-state index contributed by atoms with van der Waals surface area (Å²) in [7, 11) is 0. The van der Waals surface area contributed by atoms with E-state index in [0.717, 1.165) is 0 Å². The molecule has 0 fully saturated rings. The maximum absolute atomic E-state index is 2.32. The van der Waals surface area contributed by atoms with E-state index >= 15 is 0 Å². The molecule has 0 aromatic heterocycles. The molecule has 0 N–H and O–H groups in total. The Bertz CT molecular complexity index is 198. The van der Waals surface area contributed by atoms with Crippen LogP contribution in [0.3, 0.4) is 0 Å². The van der Waals surface area contributed by atoms with Gasteiger partial charge in [-0.15, -0.1) is 0 Å². The van der Waals surface area contributed by atoms with Gasteiger partial charge in [-0.1, -0.05) is 69.2 Å². The fourth-order valence-electron chi connectivity index (χ4n) is 2.17. The first kappa shape index (κ1) is 12.5. The lowest BCUT2D eigenvalue weighted by atomic mass is 9.98. The van der Waals surface area contributed by atoms with E-state index in [2.05, 4.69) is 25.2 Å². The Morgan fingerprint density at radius 3 is 2.40 bits per heavy atom. The summed E-state index contributed by atoms with van der Waals surface area (Å²) in [6.45, 7) is 2.28. The van der Waals surface area contributed by atoms with Gasteiger partial charge in [-0.2, -0.15) is 0 Å². The van der Waals surface area contributed by atoms with Crippen molar-refractivity contribution < 1.29 is 0 Å². The molecule has 0 nitrogen and oxygen atoms in total. The van der Waals surface area contributed by atoms with Crippen LogP contribution in [0.1, 0.15) is 71.1 Å². The van der Waals surface area contributed by atoms with Gasteiger partial charge in [0.15, 0.2) is 0 Å². The third kappa shape index (κ3) is 6.54. The van der Waals surface area contributed by atoms with Gasteiger partial charge in [-0.25, -0.2) is 0 Å². The average Bonchev–Trinajstić information content (AvgIpc) is 2.29. The molecule has 1 aliphatic rings. The van der Waals surface area contributed by atoms with Crippen LogP contribution in [-0.2, 0) is 0 Å². The minimum Gasteiger partial charge on any atom is -0.0842 e. The Hall–Kier alpha value is -0.520. The fourth-order valence-corrected chi connectivity index (χ4v) is 2.17. The molecule has 0 amide bonds. The van der Waals surface area contributed by atoms with Crippen LogP contribution >= 0.6 is 0 Å². The summed E-state index contributed by atoms with van der Waals surface area (Å²) in [4.78, 5) is 0. The first-order chi connectivity index (χ1) is 7.43. The maximum atomic E-state index is 2.32. The van der Waals surface area contributed by atoms with Gasteiger partial charge in [0.25, 0.3) is 0 Å². The van der Waals surface area contributed by atoms with E-state index < -0.39 is 0 Å². The highest BCUT2D eigenvalue weighted by atomic mass is 14.0. The van der Waals surface area contributed by atoms with E-state index in [0.29, 0.717) is 0 Å². The van der Waals surface area contributed by atoms with Crippen molar-refractivity contribution >= 4 is 0 Å². The summed E-state index contributed by atoms with van der Waals surface area (Å²) in [5.41, 5.74) is 1.67. The SMILES string of the molecule is CCCCCCCCCC1=CC=CCC1. The lowest BCUT2D eigenvalue weighted by Crippen LogP contribution is -1.88. The second kappa shape index (κ2) is 8.76. The van der Waals surface area contributed by atoms with E-state index in [1.807, 2.05) is 0 Å². The van der Waals surface area contributed by atoms with E-state index in [-0.39, 0.29) is 0 Å². The van der Waals surface area contributed by atoms with Crippen LogP contribution in [0.5, 0.6) is 0 Å². The highest BCUT2D eigenvalue weighted by Crippen LogP contribution is 2.19. The number of rotatable bonds is 8. The maximum Gasteiger partial charge on any atom is -0.0282 e. The third-order valence-corrected chi connectivity index (χ3v) is 3.20. The van der Waals surface area contributed by atoms with Crippen LogP contribution in [0, 0.1) is 0 Å². The average molecular weight is 206 g/mol. The zero-order valence-electron chi connectivity index (χ0n) is 10.3. The Balaban J connectivity index is 1.88. The van der Waals surface area contributed by atoms with Gasteiger partial charge in [0, 0.05) is 0 Å². The van der Waals surface area contributed by atoms with E-state index in [1.165, 1.54) is 64.2 Å². The monoisotopic (exact) mass is 206 g/mol. The molecular formula is C15H26. The second-order valence-corrected chi connectivity index (χ2v) is 4.66. The highest BCUT2D eigenvalue weighted by molar-refractivity contribution is 5.17. The van der Waals surface area contributed by atoms with Crippen LogP contribution < -0.4 is 0 Å². The summed E-state index contributed by atoms with van der Waals surface area (Å²) >= 11 is 0. The molecule has 0 atom stereocenters. The molecule has 0 saturated heterocycles. The lowest BCUT2D eigenvalue weighted by Gasteiger charge is -2.08. The van der Waals surface area contributed by atoms with Gasteiger partial charge in [-0.05, 0) is 25.7 Å². The zero-order chi connectivity index (χ0) is 10.8. The molecule has 0 aliphatic heterocycles. The molecule has 0 spiro atoms. The van der Waals surface area contributed by atoms with Crippen molar-refractivity contribution in [3.05, 3.63) is 23.8 Å². The predicted octanol–water partition coefficient (Wildman–Crippen LogP) is 5.40. The lowest BCUT2D eigenvalue weighted by molar-refractivity contribution is 0.585. The van der Waals surface area contributed by atoms with Crippen molar-refractivity contribution in [3.63, 3.8) is 0 Å². The van der Waals surface area contributed by atoms with Crippen LogP contribution in [0.4, 0.5) is 0 Å². The number of allylic oxidation sites excluding steroid dienone is 4. The molecule has 1 aliphatic carbocycles. The first-order valence-corrected chi connectivity index (χ1v) is 6.78. The van der Waals surface area contributed by atoms with Gasteiger partial charge < -0.3 is 0 Å². The molecule has 0 unspecified atom stereocenters. The number of hydrogen-bond donors (Lipinski definition) is 0. The summed E-state index contributed by atoms with van der Waals surface area (Å²) in [5.74, 6) is 0. The summed E-state index contributed by atoms with van der Waals surface area (Å²) in [6, 6.07) is 0. The number of hydrogen-bond acceptors (Lipinski definition) is 0. The molecular weight excluding hydrogens is 180 g/mol. The first-order valence-electron chi connectivity index (χ1n) is 6.78. The Morgan fingerprint density at radius 1 is 1.00 bits per heavy atom. The van der Waals surface area contributed by atoms with Crippen molar-refractivity contribution in [2.45, 2.75) is 71.1 Å². The zero-order valence-corrected chi connectivity index (χ0v) is 10.3. The molecule has 1 rings (SSSR count). The minimum absolute atomic E-state index is 1.27. The molecule has 0 heterocycles. The third-order valence-electron chi connectivity index (χ3n) is 3.20. The molecule has 0 saturated carbocycles. The summed E-state index contributed by atoms with van der Waals surface area (Å²) in [6.07, 6.45) is 20.7. The highest BCUT2D eigenvalue weighted by Gasteiger charge is 1.99. The Morgan fingerprint density at radius 2 is 1.73 bits per heavy atom. The van der Waals surface area contributed by atoms with Crippen molar-refractivity contribution in [3.8, 4) is 0 Å². The van der Waals surface area contributed by atoms with Gasteiger partial charge >= 0.3 is 0 Å². The minimum atomic E-state index is 1.27. The molecule has 15 heavy (non-hydrogen) atoms. The summed E-state index contributed by atoms with van der Waals surface area (Å²) < 4.78 is 0. The standard InChI is InChI=1S/C15H26/c1-2-3-4-5-6-7-9-12-15-13-10-8-11-14-15/h8,10,13H,2-7,9,11-12,14H2,1H3. The predicted molar refractivity (Wildman–Crippen MR) is 69.1 cm³/mol. The van der Waals surface area contributed by atoms with E-state index in [1.54, 1.807) is 5.57 Å². The Labute approximate surface area is 95.5 Å². The van der Waals surface area contributed by atoms with Crippen molar-refractivity contribution in [1.82, 2.24) is 0 Å². The van der Waals surface area contributed by atoms with Crippen molar-refractivity contribution in [1.29, 1.82) is 0 Å². The van der Waals surface area contributed by atoms with Crippen molar-refractivity contribution in [2.24, 2.45) is 0 Å². The second-order valence-electron chi connectivity index (χ2n) is 4.66. The fraction of sp³-hybridized carbons (Fsp3) is 0.733. The van der Waals surface area contributed by atoms with Crippen LogP contribution in [0.2, 0.25) is 0 Å².